The molecule has 2 heterocycles. The molecule has 0 amide bonds. The molecule has 0 bridgehead atoms. The second kappa shape index (κ2) is 5.89. The average molecular weight is 287 g/mol. The molecule has 3 rings (SSSR count). The zero-order valence-electron chi connectivity index (χ0n) is 11.9. The summed E-state index contributed by atoms with van der Waals surface area (Å²) in [5.74, 6) is 1.81. The van der Waals surface area contributed by atoms with Gasteiger partial charge >= 0.3 is 7.12 Å². The first-order chi connectivity index (χ1) is 10.2. The summed E-state index contributed by atoms with van der Waals surface area (Å²) >= 11 is 0. The number of nitrogens with zero attached hydrogens (tertiary/aromatic N) is 3. The zero-order valence-corrected chi connectivity index (χ0v) is 11.9. The number of imidazole rings is 1. The van der Waals surface area contributed by atoms with E-state index in [9.17, 15) is 10.0 Å². The maximum Gasteiger partial charge on any atom is 0.488 e. The molecule has 0 saturated carbocycles. The van der Waals surface area contributed by atoms with E-state index in [0.717, 1.165) is 36.8 Å². The lowest BCUT2D eigenvalue weighted by atomic mass is 9.79. The third-order valence-corrected chi connectivity index (χ3v) is 3.82. The molecule has 0 radical (unpaired) electrons. The van der Waals surface area contributed by atoms with E-state index in [4.69, 9.17) is 4.74 Å². The Morgan fingerprint density at radius 1 is 1.33 bits per heavy atom. The zero-order chi connectivity index (χ0) is 14.8. The van der Waals surface area contributed by atoms with Crippen LogP contribution in [0.4, 0.5) is 0 Å². The van der Waals surface area contributed by atoms with E-state index >= 15 is 0 Å². The predicted octanol–water partition coefficient (Wildman–Crippen LogP) is -0.413. The monoisotopic (exact) mass is 287 g/mol. The van der Waals surface area contributed by atoms with E-state index in [1.165, 1.54) is 0 Å². The highest BCUT2D eigenvalue weighted by Crippen LogP contribution is 2.21. The van der Waals surface area contributed by atoms with Crippen molar-refractivity contribution in [2.24, 2.45) is 0 Å². The van der Waals surface area contributed by atoms with Crippen LogP contribution in [0.5, 0.6) is 5.75 Å². The molecule has 1 aliphatic rings. The lowest BCUT2D eigenvalue weighted by Crippen LogP contribution is -2.34. The van der Waals surface area contributed by atoms with E-state index in [-0.39, 0.29) is 0 Å². The van der Waals surface area contributed by atoms with Crippen LogP contribution < -0.4 is 10.2 Å². The van der Waals surface area contributed by atoms with Gasteiger partial charge in [0.2, 0.25) is 0 Å². The Morgan fingerprint density at radius 2 is 2.19 bits per heavy atom. The largest absolute Gasteiger partial charge is 0.496 e. The van der Waals surface area contributed by atoms with Crippen molar-refractivity contribution in [2.45, 2.75) is 19.6 Å². The van der Waals surface area contributed by atoms with E-state index in [1.807, 2.05) is 12.4 Å². The summed E-state index contributed by atoms with van der Waals surface area (Å²) in [6.45, 7) is 3.32. The van der Waals surface area contributed by atoms with Gasteiger partial charge in [0, 0.05) is 37.6 Å². The number of hydrogen-bond donors (Lipinski definition) is 2. The molecular formula is C14H18BN3O3. The lowest BCUT2D eigenvalue weighted by Gasteiger charge is -2.28. The van der Waals surface area contributed by atoms with Crippen LogP contribution in [0.1, 0.15) is 11.4 Å². The second-order valence-corrected chi connectivity index (χ2v) is 5.19. The van der Waals surface area contributed by atoms with Crippen molar-refractivity contribution in [1.29, 1.82) is 0 Å². The molecule has 0 unspecified atom stereocenters. The number of fused-ring (bicyclic) bond motifs is 1. The molecular weight excluding hydrogens is 269 g/mol. The summed E-state index contributed by atoms with van der Waals surface area (Å²) in [5.41, 5.74) is 1.42. The summed E-state index contributed by atoms with van der Waals surface area (Å²) < 4.78 is 7.52. The maximum atomic E-state index is 9.31. The molecule has 1 aromatic carbocycles. The van der Waals surface area contributed by atoms with Crippen LogP contribution in [0.2, 0.25) is 0 Å². The lowest BCUT2D eigenvalue weighted by molar-refractivity contribution is 0.206. The first-order valence-electron chi connectivity index (χ1n) is 6.92. The molecule has 0 aliphatic carbocycles. The van der Waals surface area contributed by atoms with Crippen molar-refractivity contribution in [3.8, 4) is 5.75 Å². The van der Waals surface area contributed by atoms with Crippen LogP contribution in [-0.2, 0) is 19.6 Å². The number of aromatic nitrogens is 2. The number of hydrogen-bond acceptors (Lipinski definition) is 5. The molecule has 0 atom stereocenters. The van der Waals surface area contributed by atoms with Crippen molar-refractivity contribution in [3.63, 3.8) is 0 Å². The standard InChI is InChI=1S/C14H18BN3O3/c1-21-13-3-2-12(15(19)20)8-11(13)9-17-6-7-18-5-4-16-14(18)10-17/h2-5,8,19-20H,6-7,9-10H2,1H3. The van der Waals surface area contributed by atoms with E-state index < -0.39 is 7.12 Å². The van der Waals surface area contributed by atoms with Gasteiger partial charge in [0.15, 0.2) is 0 Å². The van der Waals surface area contributed by atoms with Gasteiger partial charge in [-0.05, 0) is 11.5 Å². The fraction of sp³-hybridized carbons (Fsp3) is 0.357. The summed E-state index contributed by atoms with van der Waals surface area (Å²) in [5, 5.41) is 18.6. The molecule has 0 saturated heterocycles. The molecule has 2 N–H and O–H groups in total. The first-order valence-corrected chi connectivity index (χ1v) is 6.92. The number of rotatable bonds is 4. The fourth-order valence-corrected chi connectivity index (χ4v) is 2.68. The van der Waals surface area contributed by atoms with Gasteiger partial charge in [-0.15, -0.1) is 0 Å². The summed E-state index contributed by atoms with van der Waals surface area (Å²) in [6.07, 6.45) is 3.82. The smallest absolute Gasteiger partial charge is 0.488 e. The Kier molecular flexibility index (Phi) is 3.96. The highest BCUT2D eigenvalue weighted by atomic mass is 16.5. The van der Waals surface area contributed by atoms with E-state index in [2.05, 4.69) is 14.5 Å². The molecule has 1 aromatic heterocycles. The van der Waals surface area contributed by atoms with Crippen LogP contribution in [-0.4, -0.2) is 45.3 Å². The van der Waals surface area contributed by atoms with Gasteiger partial charge in [-0.2, -0.15) is 0 Å². The molecule has 0 spiro atoms. The molecule has 7 heteroatoms. The van der Waals surface area contributed by atoms with Crippen molar-refractivity contribution < 1.29 is 14.8 Å². The maximum absolute atomic E-state index is 9.31. The number of ether oxygens (including phenoxy) is 1. The highest BCUT2D eigenvalue weighted by molar-refractivity contribution is 6.58. The van der Waals surface area contributed by atoms with Crippen LogP contribution in [0.3, 0.4) is 0 Å². The third-order valence-electron chi connectivity index (χ3n) is 3.82. The third kappa shape index (κ3) is 2.95. The van der Waals surface area contributed by atoms with Crippen LogP contribution >= 0.6 is 0 Å². The highest BCUT2D eigenvalue weighted by Gasteiger charge is 2.19. The molecule has 110 valence electrons. The van der Waals surface area contributed by atoms with E-state index in [1.54, 1.807) is 25.3 Å². The van der Waals surface area contributed by atoms with Gasteiger partial charge in [-0.25, -0.2) is 4.98 Å². The average Bonchev–Trinajstić information content (AvgIpc) is 2.94. The molecule has 1 aliphatic heterocycles. The minimum Gasteiger partial charge on any atom is -0.496 e. The normalized spacial score (nSPS) is 14.8. The minimum atomic E-state index is -1.46. The molecule has 2 aromatic rings. The van der Waals surface area contributed by atoms with Gasteiger partial charge in [0.25, 0.3) is 0 Å². The SMILES string of the molecule is COc1ccc(B(O)O)cc1CN1CCn2ccnc2C1. The Labute approximate surface area is 123 Å². The van der Waals surface area contributed by atoms with Crippen molar-refractivity contribution >= 4 is 12.6 Å². The Bertz CT molecular complexity index is 630. The van der Waals surface area contributed by atoms with Gasteiger partial charge in [0.1, 0.15) is 11.6 Å². The van der Waals surface area contributed by atoms with Crippen LogP contribution in [0.15, 0.2) is 30.6 Å². The number of benzene rings is 1. The molecule has 21 heavy (non-hydrogen) atoms. The quantitative estimate of drug-likeness (QED) is 0.748. The van der Waals surface area contributed by atoms with Crippen molar-refractivity contribution in [3.05, 3.63) is 42.0 Å². The Morgan fingerprint density at radius 3 is 2.95 bits per heavy atom. The van der Waals surface area contributed by atoms with Gasteiger partial charge < -0.3 is 19.4 Å². The van der Waals surface area contributed by atoms with E-state index in [0.29, 0.717) is 12.0 Å². The summed E-state index contributed by atoms with van der Waals surface area (Å²) in [7, 11) is 0.159. The predicted molar refractivity (Wildman–Crippen MR) is 79.2 cm³/mol. The first kappa shape index (κ1) is 14.1. The molecule has 6 nitrogen and oxygen atoms in total. The van der Waals surface area contributed by atoms with Gasteiger partial charge in [-0.1, -0.05) is 12.1 Å². The van der Waals surface area contributed by atoms with Crippen LogP contribution in [0.25, 0.3) is 0 Å². The summed E-state index contributed by atoms with van der Waals surface area (Å²) in [6, 6.07) is 5.22. The van der Waals surface area contributed by atoms with Crippen LogP contribution in [0, 0.1) is 0 Å². The minimum absolute atomic E-state index is 0.476. The second-order valence-electron chi connectivity index (χ2n) is 5.19. The topological polar surface area (TPSA) is 70.8 Å². The Hall–Kier alpha value is -1.83. The number of methoxy groups -OCH3 is 1. The Balaban J connectivity index is 1.79. The molecule has 0 fully saturated rings. The van der Waals surface area contributed by atoms with Gasteiger partial charge in [0.05, 0.1) is 13.7 Å². The summed E-state index contributed by atoms with van der Waals surface area (Å²) in [4.78, 5) is 6.62. The van der Waals surface area contributed by atoms with Gasteiger partial charge in [-0.3, -0.25) is 4.90 Å². The van der Waals surface area contributed by atoms with Crippen molar-refractivity contribution in [2.75, 3.05) is 13.7 Å². The fourth-order valence-electron chi connectivity index (χ4n) is 2.68. The van der Waals surface area contributed by atoms with Crippen molar-refractivity contribution in [1.82, 2.24) is 14.5 Å².